The molecule has 0 amide bonds. The van der Waals surface area contributed by atoms with Crippen LogP contribution in [-0.2, 0) is 6.42 Å². The number of aliphatic imine (C=N–C) groups is 1. The monoisotopic (exact) mass is 429 g/mol. The summed E-state index contributed by atoms with van der Waals surface area (Å²) in [5.74, 6) is 1.45. The van der Waals surface area contributed by atoms with Crippen LogP contribution in [0.3, 0.4) is 0 Å². The first-order valence-electron chi connectivity index (χ1n) is 8.05. The molecule has 0 aliphatic heterocycles. The third kappa shape index (κ3) is 6.01. The Morgan fingerprint density at radius 2 is 2.13 bits per heavy atom. The second kappa shape index (κ2) is 9.75. The topological polar surface area (TPSA) is 53.7 Å². The Labute approximate surface area is 156 Å². The van der Waals surface area contributed by atoms with Gasteiger partial charge in [0, 0.05) is 38.4 Å². The largest absolute Gasteiger partial charge is 0.357 e. The van der Waals surface area contributed by atoms with E-state index in [1.165, 1.54) is 5.56 Å². The van der Waals surface area contributed by atoms with Crippen LogP contribution in [0.15, 0.2) is 29.5 Å². The first kappa shape index (κ1) is 19.7. The number of pyridine rings is 1. The lowest BCUT2D eigenvalue weighted by Gasteiger charge is -2.11. The van der Waals surface area contributed by atoms with Crippen molar-refractivity contribution in [1.82, 2.24) is 20.0 Å². The molecule has 0 aromatic carbocycles. The second-order valence-electron chi connectivity index (χ2n) is 5.94. The van der Waals surface area contributed by atoms with Gasteiger partial charge in [-0.1, -0.05) is 19.9 Å². The SMILES string of the molecule is CCNC(=NCC(C)C)NCCc1cn2cccc(C)c2n1.I. The van der Waals surface area contributed by atoms with Crippen molar-refractivity contribution in [3.63, 3.8) is 0 Å². The number of fused-ring (bicyclic) bond motifs is 1. The van der Waals surface area contributed by atoms with E-state index in [1.54, 1.807) is 0 Å². The molecule has 0 atom stereocenters. The van der Waals surface area contributed by atoms with E-state index in [0.717, 1.165) is 43.4 Å². The van der Waals surface area contributed by atoms with Gasteiger partial charge in [0.15, 0.2) is 5.96 Å². The highest BCUT2D eigenvalue weighted by Gasteiger charge is 2.04. The van der Waals surface area contributed by atoms with E-state index in [4.69, 9.17) is 4.98 Å². The Morgan fingerprint density at radius 3 is 2.78 bits per heavy atom. The average molecular weight is 429 g/mol. The van der Waals surface area contributed by atoms with E-state index < -0.39 is 0 Å². The summed E-state index contributed by atoms with van der Waals surface area (Å²) in [5, 5.41) is 6.65. The molecule has 0 aliphatic rings. The summed E-state index contributed by atoms with van der Waals surface area (Å²) in [6.45, 7) is 11.1. The van der Waals surface area contributed by atoms with E-state index in [1.807, 2.05) is 12.3 Å². The number of halogens is 1. The quantitative estimate of drug-likeness (QED) is 0.422. The molecule has 2 rings (SSSR count). The molecule has 0 spiro atoms. The maximum Gasteiger partial charge on any atom is 0.191 e. The Kier molecular flexibility index (Phi) is 8.36. The van der Waals surface area contributed by atoms with Crippen molar-refractivity contribution in [2.45, 2.75) is 34.1 Å². The number of hydrogen-bond donors (Lipinski definition) is 2. The van der Waals surface area contributed by atoms with Gasteiger partial charge in [-0.05, 0) is 31.4 Å². The standard InChI is InChI=1S/C17H27N5.HI/c1-5-18-17(20-11-13(2)3)19-9-8-15-12-22-10-6-7-14(4)16(22)21-15;/h6-7,10,12-13H,5,8-9,11H2,1-4H3,(H2,18,19,20);1H. The minimum atomic E-state index is 0. The highest BCUT2D eigenvalue weighted by Crippen LogP contribution is 2.09. The molecule has 5 nitrogen and oxygen atoms in total. The van der Waals surface area contributed by atoms with Gasteiger partial charge in [-0.2, -0.15) is 0 Å². The molecule has 0 bridgehead atoms. The summed E-state index contributed by atoms with van der Waals surface area (Å²) in [7, 11) is 0. The van der Waals surface area contributed by atoms with Gasteiger partial charge in [-0.3, -0.25) is 4.99 Å². The highest BCUT2D eigenvalue weighted by molar-refractivity contribution is 14.0. The Balaban J connectivity index is 0.00000264. The fourth-order valence-electron chi connectivity index (χ4n) is 2.25. The van der Waals surface area contributed by atoms with Crippen LogP contribution in [0.5, 0.6) is 0 Å². The summed E-state index contributed by atoms with van der Waals surface area (Å²) in [6.07, 6.45) is 5.02. The molecule has 0 saturated heterocycles. The number of hydrogen-bond acceptors (Lipinski definition) is 2. The molecule has 2 N–H and O–H groups in total. The van der Waals surface area contributed by atoms with E-state index >= 15 is 0 Å². The van der Waals surface area contributed by atoms with Crippen LogP contribution in [0.4, 0.5) is 0 Å². The van der Waals surface area contributed by atoms with Crippen LogP contribution in [0, 0.1) is 12.8 Å². The molecule has 0 fully saturated rings. The van der Waals surface area contributed by atoms with E-state index in [0.29, 0.717) is 5.92 Å². The van der Waals surface area contributed by atoms with Gasteiger partial charge in [0.05, 0.1) is 5.69 Å². The first-order valence-corrected chi connectivity index (χ1v) is 8.05. The zero-order valence-electron chi connectivity index (χ0n) is 14.5. The molecule has 2 aromatic heterocycles. The molecule has 0 unspecified atom stereocenters. The lowest BCUT2D eigenvalue weighted by Crippen LogP contribution is -2.38. The fourth-order valence-corrected chi connectivity index (χ4v) is 2.25. The van der Waals surface area contributed by atoms with Gasteiger partial charge in [-0.25, -0.2) is 4.98 Å². The predicted molar refractivity (Wildman–Crippen MR) is 108 cm³/mol. The highest BCUT2D eigenvalue weighted by atomic mass is 127. The molecule has 6 heteroatoms. The Hall–Kier alpha value is -1.31. The number of guanidine groups is 1. The number of aryl methyl sites for hydroxylation is 1. The van der Waals surface area contributed by atoms with Crippen molar-refractivity contribution < 1.29 is 0 Å². The summed E-state index contributed by atoms with van der Waals surface area (Å²) in [5.41, 5.74) is 3.34. The third-order valence-corrected chi connectivity index (χ3v) is 3.36. The number of aromatic nitrogens is 2. The van der Waals surface area contributed by atoms with Crippen LogP contribution in [-0.4, -0.2) is 35.0 Å². The van der Waals surface area contributed by atoms with Crippen LogP contribution < -0.4 is 10.6 Å². The van der Waals surface area contributed by atoms with E-state index in [9.17, 15) is 0 Å². The maximum atomic E-state index is 4.69. The second-order valence-corrected chi connectivity index (χ2v) is 5.94. The number of rotatable bonds is 6. The molecule has 2 aromatic rings. The van der Waals surface area contributed by atoms with Gasteiger partial charge < -0.3 is 15.0 Å². The lowest BCUT2D eigenvalue weighted by atomic mass is 10.2. The summed E-state index contributed by atoms with van der Waals surface area (Å²) in [6, 6.07) is 4.14. The lowest BCUT2D eigenvalue weighted by molar-refractivity contribution is 0.656. The fraction of sp³-hybridized carbons (Fsp3) is 0.529. The number of nitrogens with one attached hydrogen (secondary N) is 2. The van der Waals surface area contributed by atoms with Crippen molar-refractivity contribution >= 4 is 35.6 Å². The molecular weight excluding hydrogens is 401 g/mol. The van der Waals surface area contributed by atoms with Crippen molar-refractivity contribution in [1.29, 1.82) is 0 Å². The molecular formula is C17H28IN5. The Morgan fingerprint density at radius 1 is 1.35 bits per heavy atom. The van der Waals surface area contributed by atoms with E-state index in [2.05, 4.69) is 60.0 Å². The van der Waals surface area contributed by atoms with Gasteiger partial charge in [0.2, 0.25) is 0 Å². The van der Waals surface area contributed by atoms with Crippen LogP contribution in [0.25, 0.3) is 5.65 Å². The van der Waals surface area contributed by atoms with Crippen molar-refractivity contribution in [3.05, 3.63) is 35.8 Å². The third-order valence-electron chi connectivity index (χ3n) is 3.36. The molecule has 2 heterocycles. The average Bonchev–Trinajstić information content (AvgIpc) is 2.89. The maximum absolute atomic E-state index is 4.69. The van der Waals surface area contributed by atoms with Crippen molar-refractivity contribution in [2.24, 2.45) is 10.9 Å². The first-order chi connectivity index (χ1) is 10.6. The van der Waals surface area contributed by atoms with Gasteiger partial charge >= 0.3 is 0 Å². The summed E-state index contributed by atoms with van der Waals surface area (Å²) in [4.78, 5) is 9.26. The molecule has 0 aliphatic carbocycles. The van der Waals surface area contributed by atoms with Crippen LogP contribution in [0.1, 0.15) is 32.0 Å². The molecule has 23 heavy (non-hydrogen) atoms. The smallest absolute Gasteiger partial charge is 0.191 e. The zero-order valence-corrected chi connectivity index (χ0v) is 16.8. The molecule has 128 valence electrons. The van der Waals surface area contributed by atoms with Crippen molar-refractivity contribution in [2.75, 3.05) is 19.6 Å². The van der Waals surface area contributed by atoms with E-state index in [-0.39, 0.29) is 24.0 Å². The van der Waals surface area contributed by atoms with Gasteiger partial charge in [-0.15, -0.1) is 24.0 Å². The predicted octanol–water partition coefficient (Wildman–Crippen LogP) is 3.01. The molecule has 0 radical (unpaired) electrons. The number of nitrogens with zero attached hydrogens (tertiary/aromatic N) is 3. The normalized spacial score (nSPS) is 11.6. The van der Waals surface area contributed by atoms with Gasteiger partial charge in [0.25, 0.3) is 0 Å². The van der Waals surface area contributed by atoms with Gasteiger partial charge in [0.1, 0.15) is 5.65 Å². The van der Waals surface area contributed by atoms with Crippen LogP contribution in [0.2, 0.25) is 0 Å². The van der Waals surface area contributed by atoms with Crippen molar-refractivity contribution in [3.8, 4) is 0 Å². The summed E-state index contributed by atoms with van der Waals surface area (Å²) < 4.78 is 2.09. The zero-order chi connectivity index (χ0) is 15.9. The summed E-state index contributed by atoms with van der Waals surface area (Å²) >= 11 is 0. The minimum Gasteiger partial charge on any atom is -0.357 e. The minimum absolute atomic E-state index is 0. The number of imidazole rings is 1. The molecule has 0 saturated carbocycles. The Bertz CT molecular complexity index is 633. The van der Waals surface area contributed by atoms with Crippen LogP contribution >= 0.6 is 24.0 Å².